The van der Waals surface area contributed by atoms with Crippen LogP contribution < -0.4 is 0 Å². The molecule has 0 radical (unpaired) electrons. The topological polar surface area (TPSA) is 96.7 Å². The molecule has 7 nitrogen and oxygen atoms in total. The minimum absolute atomic E-state index is 0.234. The smallest absolute Gasteiger partial charge is 0.374 e. The summed E-state index contributed by atoms with van der Waals surface area (Å²) in [5.74, 6) is -2.09. The van der Waals surface area contributed by atoms with Crippen molar-refractivity contribution in [2.45, 2.75) is 39.5 Å². The summed E-state index contributed by atoms with van der Waals surface area (Å²) >= 11 is 0. The van der Waals surface area contributed by atoms with Gasteiger partial charge in [0.05, 0.1) is 5.57 Å². The summed E-state index contributed by atoms with van der Waals surface area (Å²) in [7, 11) is 0. The van der Waals surface area contributed by atoms with Crippen molar-refractivity contribution < 1.29 is 23.9 Å². The molecular formula is C17H18N2O5. The van der Waals surface area contributed by atoms with Crippen LogP contribution in [0.3, 0.4) is 0 Å². The summed E-state index contributed by atoms with van der Waals surface area (Å²) < 4.78 is 8.84. The fourth-order valence-corrected chi connectivity index (χ4v) is 3.55. The Hall–Kier alpha value is -2.62. The zero-order valence-corrected chi connectivity index (χ0v) is 13.7. The van der Waals surface area contributed by atoms with Crippen LogP contribution in [0, 0.1) is 16.7 Å². The van der Waals surface area contributed by atoms with E-state index in [9.17, 15) is 19.6 Å². The van der Waals surface area contributed by atoms with Gasteiger partial charge in [-0.05, 0) is 36.7 Å². The van der Waals surface area contributed by atoms with Crippen molar-refractivity contribution in [1.29, 1.82) is 5.26 Å². The molecule has 126 valence electrons. The second-order valence-corrected chi connectivity index (χ2v) is 7.03. The zero-order valence-electron chi connectivity index (χ0n) is 13.7. The highest BCUT2D eigenvalue weighted by atomic mass is 16.8. The highest BCUT2D eigenvalue weighted by molar-refractivity contribution is 6.21. The Balaban J connectivity index is 2.17. The van der Waals surface area contributed by atoms with Crippen LogP contribution in [0.1, 0.15) is 39.5 Å². The largest absolute Gasteiger partial charge is 0.524 e. The zero-order chi connectivity index (χ0) is 17.5. The van der Waals surface area contributed by atoms with Gasteiger partial charge < -0.3 is 14.4 Å². The Morgan fingerprint density at radius 3 is 2.17 bits per heavy atom. The number of nitriles is 1. The van der Waals surface area contributed by atoms with Crippen LogP contribution in [-0.2, 0) is 19.1 Å². The molecule has 0 bridgehead atoms. The van der Waals surface area contributed by atoms with Gasteiger partial charge >= 0.3 is 18.1 Å². The summed E-state index contributed by atoms with van der Waals surface area (Å²) in [5, 5.41) is 9.68. The van der Waals surface area contributed by atoms with Gasteiger partial charge in [-0.1, -0.05) is 13.8 Å². The number of hydrogen-bond acceptors (Lipinski definition) is 7. The molecular weight excluding hydrogens is 312 g/mol. The van der Waals surface area contributed by atoms with E-state index >= 15 is 0 Å². The van der Waals surface area contributed by atoms with E-state index in [1.54, 1.807) is 0 Å². The van der Waals surface area contributed by atoms with E-state index in [0.29, 0.717) is 24.0 Å². The van der Waals surface area contributed by atoms with Crippen molar-refractivity contribution in [2.75, 3.05) is 13.1 Å². The van der Waals surface area contributed by atoms with Gasteiger partial charge in [-0.25, -0.2) is 14.4 Å². The number of allylic oxidation sites excluding steroid dienone is 3. The number of carbonyl (C=O) groups is 3. The summed E-state index contributed by atoms with van der Waals surface area (Å²) in [6.45, 7) is 5.74. The van der Waals surface area contributed by atoms with E-state index < -0.39 is 18.1 Å². The molecule has 2 saturated heterocycles. The Morgan fingerprint density at radius 2 is 1.62 bits per heavy atom. The minimum Gasteiger partial charge on any atom is -0.374 e. The maximum absolute atomic E-state index is 12.1. The number of rotatable bonds is 1. The van der Waals surface area contributed by atoms with Gasteiger partial charge in [0.15, 0.2) is 5.57 Å². The third kappa shape index (κ3) is 2.80. The molecule has 7 heteroatoms. The van der Waals surface area contributed by atoms with Crippen LogP contribution in [0.15, 0.2) is 22.4 Å². The molecule has 2 heterocycles. The van der Waals surface area contributed by atoms with Gasteiger partial charge in [-0.3, -0.25) is 0 Å². The summed E-state index contributed by atoms with van der Waals surface area (Å²) in [6.07, 6.45) is 1.82. The van der Waals surface area contributed by atoms with Crippen LogP contribution in [-0.4, -0.2) is 36.1 Å². The van der Waals surface area contributed by atoms with Gasteiger partial charge in [0.25, 0.3) is 0 Å². The summed E-state index contributed by atoms with van der Waals surface area (Å²) in [6, 6.07) is 2.15. The van der Waals surface area contributed by atoms with Gasteiger partial charge in [-0.2, -0.15) is 5.26 Å². The molecule has 3 aliphatic rings. The van der Waals surface area contributed by atoms with E-state index in [0.717, 1.165) is 31.6 Å². The molecule has 0 unspecified atom stereocenters. The molecule has 0 saturated carbocycles. The fourth-order valence-electron chi connectivity index (χ4n) is 3.55. The number of nitrogens with zero attached hydrogens (tertiary/aromatic N) is 2. The molecule has 0 atom stereocenters. The maximum atomic E-state index is 12.1. The SMILES string of the molecule is CC1(C)CC(=C2C(=O)OC(=O)OC2=O)C(C#N)=C(N2CCCC2)C1. The van der Waals surface area contributed by atoms with E-state index in [1.807, 2.05) is 13.8 Å². The first-order valence-electron chi connectivity index (χ1n) is 7.92. The molecule has 0 aromatic rings. The number of ether oxygens (including phenoxy) is 2. The second-order valence-electron chi connectivity index (χ2n) is 7.03. The number of cyclic esters (lactones) is 4. The van der Waals surface area contributed by atoms with Crippen molar-refractivity contribution in [3.05, 3.63) is 22.4 Å². The normalized spacial score (nSPS) is 24.0. The standard InChI is InChI=1S/C17H18N2O5/c1-17(2)7-10(13-14(20)23-16(22)24-15(13)21)11(9-18)12(8-17)19-5-3-4-6-19/h3-8H2,1-2H3. The number of carbonyl (C=O) groups excluding carboxylic acids is 3. The molecule has 0 amide bonds. The Bertz CT molecular complexity index is 711. The predicted molar refractivity (Wildman–Crippen MR) is 81.1 cm³/mol. The van der Waals surface area contributed by atoms with Crippen molar-refractivity contribution >= 4 is 18.1 Å². The van der Waals surface area contributed by atoms with Gasteiger partial charge in [0.2, 0.25) is 0 Å². The van der Waals surface area contributed by atoms with Crippen molar-refractivity contribution in [3.63, 3.8) is 0 Å². The van der Waals surface area contributed by atoms with E-state index in [2.05, 4.69) is 20.4 Å². The lowest BCUT2D eigenvalue weighted by Crippen LogP contribution is -2.35. The lowest BCUT2D eigenvalue weighted by atomic mass is 9.72. The Kier molecular flexibility index (Phi) is 3.91. The lowest BCUT2D eigenvalue weighted by Gasteiger charge is -2.37. The van der Waals surface area contributed by atoms with Crippen molar-refractivity contribution in [3.8, 4) is 6.07 Å². The van der Waals surface area contributed by atoms with E-state index in [4.69, 9.17) is 0 Å². The fraction of sp³-hybridized carbons (Fsp3) is 0.529. The predicted octanol–water partition coefficient (Wildman–Crippen LogP) is 2.20. The number of esters is 2. The van der Waals surface area contributed by atoms with Gasteiger partial charge in [0.1, 0.15) is 6.07 Å². The lowest BCUT2D eigenvalue weighted by molar-refractivity contribution is -0.151. The first-order chi connectivity index (χ1) is 11.3. The van der Waals surface area contributed by atoms with Crippen molar-refractivity contribution in [2.24, 2.45) is 5.41 Å². The third-order valence-corrected chi connectivity index (χ3v) is 4.55. The van der Waals surface area contributed by atoms with Crippen LogP contribution in [0.2, 0.25) is 0 Å². The van der Waals surface area contributed by atoms with Crippen LogP contribution in [0.25, 0.3) is 0 Å². The first kappa shape index (κ1) is 16.2. The maximum Gasteiger partial charge on any atom is 0.524 e. The van der Waals surface area contributed by atoms with Crippen LogP contribution in [0.5, 0.6) is 0 Å². The molecule has 1 aliphatic carbocycles. The monoisotopic (exact) mass is 330 g/mol. The van der Waals surface area contributed by atoms with E-state index in [-0.39, 0.29) is 11.0 Å². The van der Waals surface area contributed by atoms with Crippen LogP contribution in [0.4, 0.5) is 4.79 Å². The molecule has 0 spiro atoms. The average molecular weight is 330 g/mol. The molecule has 0 N–H and O–H groups in total. The quantitative estimate of drug-likeness (QED) is 0.315. The minimum atomic E-state index is -1.33. The van der Waals surface area contributed by atoms with Gasteiger partial charge in [-0.15, -0.1) is 0 Å². The van der Waals surface area contributed by atoms with Crippen LogP contribution >= 0.6 is 0 Å². The van der Waals surface area contributed by atoms with Crippen molar-refractivity contribution in [1.82, 2.24) is 4.90 Å². The average Bonchev–Trinajstić information content (AvgIpc) is 2.98. The molecule has 0 aromatic carbocycles. The number of likely N-dealkylation sites (tertiary alicyclic amines) is 1. The Labute approximate surface area is 139 Å². The summed E-state index contributed by atoms with van der Waals surface area (Å²) in [4.78, 5) is 37.3. The second kappa shape index (κ2) is 5.78. The first-order valence-corrected chi connectivity index (χ1v) is 7.92. The van der Waals surface area contributed by atoms with Gasteiger partial charge in [0, 0.05) is 18.8 Å². The molecule has 2 aliphatic heterocycles. The molecule has 24 heavy (non-hydrogen) atoms. The molecule has 2 fully saturated rings. The molecule has 3 rings (SSSR count). The Morgan fingerprint density at radius 1 is 1.04 bits per heavy atom. The summed E-state index contributed by atoms with van der Waals surface area (Å²) in [5.41, 5.74) is 0.928. The van der Waals surface area contributed by atoms with E-state index in [1.165, 1.54) is 0 Å². The highest BCUT2D eigenvalue weighted by Gasteiger charge is 2.42. The molecule has 0 aromatic heterocycles. The highest BCUT2D eigenvalue weighted by Crippen LogP contribution is 2.45. The number of hydrogen-bond donors (Lipinski definition) is 0. The third-order valence-electron chi connectivity index (χ3n) is 4.55.